The van der Waals surface area contributed by atoms with Crippen molar-refractivity contribution in [1.29, 1.82) is 0 Å². The lowest BCUT2D eigenvalue weighted by Gasteiger charge is -2.20. The van der Waals surface area contributed by atoms with E-state index in [0.29, 0.717) is 48.2 Å². The third kappa shape index (κ3) is 5.80. The zero-order valence-electron chi connectivity index (χ0n) is 20.9. The molecule has 1 heterocycles. The highest BCUT2D eigenvalue weighted by Gasteiger charge is 2.31. The van der Waals surface area contributed by atoms with Crippen LogP contribution in [0, 0.1) is 0 Å². The molecular weight excluding hydrogens is 550 g/mol. The maximum Gasteiger partial charge on any atom is 0.264 e. The molecule has 0 saturated carbocycles. The van der Waals surface area contributed by atoms with Gasteiger partial charge in [0, 0.05) is 30.3 Å². The van der Waals surface area contributed by atoms with Gasteiger partial charge in [-0.3, -0.25) is 9.10 Å². The second-order valence-corrected chi connectivity index (χ2v) is 12.8. The number of halogens is 1. The van der Waals surface area contributed by atoms with Gasteiger partial charge in [-0.2, -0.15) is 4.31 Å². The number of sulfonamides is 2. The molecule has 3 aromatic rings. The zero-order valence-corrected chi connectivity index (χ0v) is 23.3. The molecule has 0 aliphatic carbocycles. The average molecular weight is 578 g/mol. The Morgan fingerprint density at radius 2 is 1.58 bits per heavy atom. The zero-order chi connectivity index (χ0) is 27.5. The number of ether oxygens (including phenoxy) is 1. The highest BCUT2D eigenvalue weighted by Crippen LogP contribution is 2.35. The predicted octanol–water partition coefficient (Wildman–Crippen LogP) is 4.14. The lowest BCUT2D eigenvalue weighted by molar-refractivity contribution is -0.118. The molecule has 0 fully saturated rings. The number of carbonyl (C=O) groups excluding carboxylic acids is 1. The molecule has 0 aromatic heterocycles. The van der Waals surface area contributed by atoms with Crippen molar-refractivity contribution >= 4 is 48.9 Å². The second kappa shape index (κ2) is 11.3. The van der Waals surface area contributed by atoms with Gasteiger partial charge in [-0.15, -0.1) is 0 Å². The Labute approximate surface area is 228 Å². The molecule has 9 nitrogen and oxygen atoms in total. The van der Waals surface area contributed by atoms with Crippen molar-refractivity contribution in [2.45, 2.75) is 30.1 Å². The number of nitrogens with one attached hydrogen (secondary N) is 1. The van der Waals surface area contributed by atoms with E-state index in [4.69, 9.17) is 16.3 Å². The van der Waals surface area contributed by atoms with E-state index in [-0.39, 0.29) is 16.4 Å². The summed E-state index contributed by atoms with van der Waals surface area (Å²) in [6, 6.07) is 17.0. The van der Waals surface area contributed by atoms with Gasteiger partial charge in [-0.05, 0) is 72.6 Å². The van der Waals surface area contributed by atoms with Gasteiger partial charge in [0.05, 0.1) is 15.5 Å². The first-order valence-electron chi connectivity index (χ1n) is 12.0. The van der Waals surface area contributed by atoms with Gasteiger partial charge in [0.1, 0.15) is 5.75 Å². The maximum atomic E-state index is 13.2. The van der Waals surface area contributed by atoms with Crippen LogP contribution in [0.5, 0.6) is 5.75 Å². The molecule has 4 rings (SSSR count). The summed E-state index contributed by atoms with van der Waals surface area (Å²) in [5.41, 5.74) is 1.79. The van der Waals surface area contributed by atoms with Gasteiger partial charge in [0.15, 0.2) is 6.61 Å². The SMILES string of the molecule is CCN(CC)S(=O)(=O)c1ccc(OCC(=O)Nc2ccc3c(c2)N(S(=O)(=O)c2ccc(Cl)cc2)CC3)cc1. The molecule has 38 heavy (non-hydrogen) atoms. The summed E-state index contributed by atoms with van der Waals surface area (Å²) in [6.07, 6.45) is 0.555. The fourth-order valence-electron chi connectivity index (χ4n) is 4.18. The van der Waals surface area contributed by atoms with Crippen LogP contribution in [0.4, 0.5) is 11.4 Å². The highest BCUT2D eigenvalue weighted by molar-refractivity contribution is 7.92. The second-order valence-electron chi connectivity index (χ2n) is 8.52. The predicted molar refractivity (Wildman–Crippen MR) is 147 cm³/mol. The van der Waals surface area contributed by atoms with Gasteiger partial charge < -0.3 is 10.1 Å². The van der Waals surface area contributed by atoms with E-state index >= 15 is 0 Å². The normalized spacial score (nSPS) is 13.4. The summed E-state index contributed by atoms with van der Waals surface area (Å²) in [5, 5.41) is 3.16. The first-order valence-corrected chi connectivity index (χ1v) is 15.3. The van der Waals surface area contributed by atoms with Gasteiger partial charge in [-0.25, -0.2) is 16.8 Å². The van der Waals surface area contributed by atoms with Crippen LogP contribution in [0.25, 0.3) is 0 Å². The van der Waals surface area contributed by atoms with Crippen molar-refractivity contribution in [3.05, 3.63) is 77.3 Å². The molecule has 0 atom stereocenters. The Kier molecular flexibility index (Phi) is 8.31. The lowest BCUT2D eigenvalue weighted by atomic mass is 10.1. The number of carbonyl (C=O) groups is 1. The molecule has 1 aliphatic heterocycles. The Balaban J connectivity index is 1.41. The smallest absolute Gasteiger partial charge is 0.264 e. The first-order chi connectivity index (χ1) is 18.1. The van der Waals surface area contributed by atoms with E-state index < -0.39 is 26.0 Å². The van der Waals surface area contributed by atoms with Crippen LogP contribution >= 0.6 is 11.6 Å². The number of fused-ring (bicyclic) bond motifs is 1. The van der Waals surface area contributed by atoms with E-state index in [9.17, 15) is 21.6 Å². The molecule has 1 N–H and O–H groups in total. The summed E-state index contributed by atoms with van der Waals surface area (Å²) in [7, 11) is -7.38. The van der Waals surface area contributed by atoms with Crippen LogP contribution in [0.3, 0.4) is 0 Å². The van der Waals surface area contributed by atoms with Gasteiger partial charge >= 0.3 is 0 Å². The summed E-state index contributed by atoms with van der Waals surface area (Å²) < 4.78 is 59.8. The molecule has 0 unspecified atom stereocenters. The fourth-order valence-corrected chi connectivity index (χ4v) is 7.26. The third-order valence-electron chi connectivity index (χ3n) is 6.16. The molecule has 0 saturated heterocycles. The largest absolute Gasteiger partial charge is 0.484 e. The number of hydrogen-bond acceptors (Lipinski definition) is 6. The van der Waals surface area contributed by atoms with Crippen molar-refractivity contribution in [2.75, 3.05) is 35.9 Å². The number of amides is 1. The molecule has 0 spiro atoms. The minimum absolute atomic E-state index is 0.133. The highest BCUT2D eigenvalue weighted by atomic mass is 35.5. The van der Waals surface area contributed by atoms with Gasteiger partial charge in [0.2, 0.25) is 10.0 Å². The summed E-state index contributed by atoms with van der Waals surface area (Å²) >= 11 is 5.90. The molecule has 202 valence electrons. The Morgan fingerprint density at radius 3 is 2.21 bits per heavy atom. The molecule has 1 amide bonds. The minimum atomic E-state index is -3.79. The minimum Gasteiger partial charge on any atom is -0.484 e. The maximum absolute atomic E-state index is 13.2. The quantitative estimate of drug-likeness (QED) is 0.387. The number of rotatable bonds is 10. The molecule has 12 heteroatoms. The van der Waals surface area contributed by atoms with E-state index in [1.165, 1.54) is 57.1 Å². The summed E-state index contributed by atoms with van der Waals surface area (Å²) in [4.78, 5) is 12.8. The number of nitrogens with zero attached hydrogens (tertiary/aromatic N) is 2. The fraction of sp³-hybridized carbons (Fsp3) is 0.269. The van der Waals surface area contributed by atoms with Gasteiger partial charge in [-0.1, -0.05) is 31.5 Å². The van der Waals surface area contributed by atoms with E-state index in [0.717, 1.165) is 5.56 Å². The topological polar surface area (TPSA) is 113 Å². The number of anilines is 2. The van der Waals surface area contributed by atoms with Crippen molar-refractivity contribution < 1.29 is 26.4 Å². The Morgan fingerprint density at radius 1 is 0.947 bits per heavy atom. The monoisotopic (exact) mass is 577 g/mol. The van der Waals surface area contributed by atoms with Crippen LogP contribution < -0.4 is 14.4 Å². The third-order valence-corrected chi connectivity index (χ3v) is 10.3. The van der Waals surface area contributed by atoms with Crippen LogP contribution in [0.15, 0.2) is 76.5 Å². The summed E-state index contributed by atoms with van der Waals surface area (Å²) in [5.74, 6) is -0.109. The lowest BCUT2D eigenvalue weighted by Crippen LogP contribution is -2.30. The molecule has 1 aliphatic rings. The van der Waals surface area contributed by atoms with Crippen LogP contribution in [-0.4, -0.2) is 53.3 Å². The Hall–Kier alpha value is -3.12. The van der Waals surface area contributed by atoms with Crippen molar-refractivity contribution in [2.24, 2.45) is 0 Å². The van der Waals surface area contributed by atoms with Crippen LogP contribution in [0.1, 0.15) is 19.4 Å². The Bertz CT molecular complexity index is 1520. The van der Waals surface area contributed by atoms with Crippen molar-refractivity contribution in [3.8, 4) is 5.75 Å². The van der Waals surface area contributed by atoms with Crippen molar-refractivity contribution in [3.63, 3.8) is 0 Å². The average Bonchev–Trinajstić information content (AvgIpc) is 3.33. The molecule has 3 aromatic carbocycles. The molecular formula is C26H28ClN3O6S2. The van der Waals surface area contributed by atoms with Gasteiger partial charge in [0.25, 0.3) is 15.9 Å². The summed E-state index contributed by atoms with van der Waals surface area (Å²) in [6.45, 7) is 4.25. The molecule has 0 radical (unpaired) electrons. The van der Waals surface area contributed by atoms with Crippen LogP contribution in [0.2, 0.25) is 5.02 Å². The van der Waals surface area contributed by atoms with Crippen molar-refractivity contribution in [1.82, 2.24) is 4.31 Å². The molecule has 0 bridgehead atoms. The van der Waals surface area contributed by atoms with E-state index in [2.05, 4.69) is 5.32 Å². The number of benzene rings is 3. The van der Waals surface area contributed by atoms with E-state index in [1.807, 2.05) is 0 Å². The van der Waals surface area contributed by atoms with Crippen LogP contribution in [-0.2, 0) is 31.3 Å². The van der Waals surface area contributed by atoms with E-state index in [1.54, 1.807) is 32.0 Å². The number of hydrogen-bond donors (Lipinski definition) is 1. The standard InChI is InChI=1S/C26H28ClN3O6S2/c1-3-29(4-2)37(32,33)23-13-9-22(10-14-23)36-18-26(31)28-21-8-5-19-15-16-30(25(19)17-21)38(34,35)24-11-6-20(27)7-12-24/h5-14,17H,3-4,15-16,18H2,1-2H3,(H,28,31). The first kappa shape index (κ1) is 27.9.